The summed E-state index contributed by atoms with van der Waals surface area (Å²) in [7, 11) is 0. The fraction of sp³-hybridized carbons (Fsp3) is 0.889. The molecule has 3 atom stereocenters. The fourth-order valence-electron chi connectivity index (χ4n) is 2.24. The summed E-state index contributed by atoms with van der Waals surface area (Å²) >= 11 is 0. The lowest BCUT2D eigenvalue weighted by molar-refractivity contribution is -0.142. The smallest absolute Gasteiger partial charge is 0.323 e. The Morgan fingerprint density at radius 3 is 3.08 bits per heavy atom. The number of hydrogen-bond acceptors (Lipinski definition) is 3. The first-order valence-corrected chi connectivity index (χ1v) is 4.87. The molecule has 0 aromatic heterocycles. The van der Waals surface area contributed by atoms with Crippen molar-refractivity contribution in [1.29, 1.82) is 0 Å². The van der Waals surface area contributed by atoms with E-state index in [0.29, 0.717) is 12.5 Å². The Labute approximate surface area is 77.3 Å². The molecule has 2 aliphatic rings. The van der Waals surface area contributed by atoms with Crippen LogP contribution in [-0.4, -0.2) is 36.4 Å². The molecular formula is C9H15NO3. The van der Waals surface area contributed by atoms with Gasteiger partial charge in [-0.2, -0.15) is 0 Å². The van der Waals surface area contributed by atoms with Crippen LogP contribution in [-0.2, 0) is 9.53 Å². The minimum Gasteiger partial charge on any atom is -0.480 e. The molecule has 0 radical (unpaired) electrons. The van der Waals surface area contributed by atoms with Gasteiger partial charge in [-0.3, -0.25) is 4.79 Å². The lowest BCUT2D eigenvalue weighted by Gasteiger charge is -2.18. The van der Waals surface area contributed by atoms with E-state index in [0.717, 1.165) is 25.8 Å². The monoisotopic (exact) mass is 185 g/mol. The highest BCUT2D eigenvalue weighted by molar-refractivity contribution is 5.74. The molecule has 0 spiro atoms. The van der Waals surface area contributed by atoms with E-state index in [2.05, 4.69) is 5.32 Å². The summed E-state index contributed by atoms with van der Waals surface area (Å²) in [6.45, 7) is 1.51. The van der Waals surface area contributed by atoms with Crippen LogP contribution in [0, 0.1) is 5.92 Å². The molecule has 4 heteroatoms. The van der Waals surface area contributed by atoms with Crippen molar-refractivity contribution in [3.8, 4) is 0 Å². The molecule has 2 fully saturated rings. The van der Waals surface area contributed by atoms with Crippen LogP contribution in [0.1, 0.15) is 19.3 Å². The molecule has 0 aliphatic carbocycles. The molecule has 2 rings (SSSR count). The average Bonchev–Trinajstić information content (AvgIpc) is 2.36. The van der Waals surface area contributed by atoms with Crippen molar-refractivity contribution in [2.45, 2.75) is 31.4 Å². The Balaban J connectivity index is 2.06. The van der Waals surface area contributed by atoms with Crippen molar-refractivity contribution in [3.05, 3.63) is 0 Å². The third-order valence-corrected chi connectivity index (χ3v) is 2.94. The van der Waals surface area contributed by atoms with E-state index < -0.39 is 12.0 Å². The van der Waals surface area contributed by atoms with E-state index in [1.165, 1.54) is 0 Å². The van der Waals surface area contributed by atoms with Crippen molar-refractivity contribution in [2.24, 2.45) is 5.92 Å². The third kappa shape index (κ3) is 1.69. The number of hydrogen-bond donors (Lipinski definition) is 2. The Morgan fingerprint density at radius 1 is 1.46 bits per heavy atom. The Hall–Kier alpha value is -0.610. The van der Waals surface area contributed by atoms with Gasteiger partial charge in [0.1, 0.15) is 6.04 Å². The summed E-state index contributed by atoms with van der Waals surface area (Å²) in [6.07, 6.45) is 3.23. The van der Waals surface area contributed by atoms with Gasteiger partial charge in [0.2, 0.25) is 0 Å². The summed E-state index contributed by atoms with van der Waals surface area (Å²) in [5.41, 5.74) is 0. The van der Waals surface area contributed by atoms with E-state index in [4.69, 9.17) is 9.84 Å². The topological polar surface area (TPSA) is 58.6 Å². The standard InChI is InChI=1S/C9H15NO3/c11-9(12)7-8-6(5-10-7)3-1-2-4-13-8/h6-8,10H,1-5H2,(H,11,12). The van der Waals surface area contributed by atoms with E-state index in [1.54, 1.807) is 0 Å². The molecule has 2 heterocycles. The molecule has 0 bridgehead atoms. The molecule has 0 aromatic rings. The molecule has 0 saturated carbocycles. The van der Waals surface area contributed by atoms with Crippen LogP contribution in [0.4, 0.5) is 0 Å². The van der Waals surface area contributed by atoms with E-state index in [-0.39, 0.29) is 6.10 Å². The average molecular weight is 185 g/mol. The van der Waals surface area contributed by atoms with Crippen molar-refractivity contribution < 1.29 is 14.6 Å². The number of carbonyl (C=O) groups is 1. The summed E-state index contributed by atoms with van der Waals surface area (Å²) in [5, 5.41) is 11.9. The SMILES string of the molecule is O=C(O)C1NCC2CCCCOC21. The van der Waals surface area contributed by atoms with Crippen LogP contribution >= 0.6 is 0 Å². The van der Waals surface area contributed by atoms with Crippen molar-refractivity contribution in [2.75, 3.05) is 13.2 Å². The molecular weight excluding hydrogens is 170 g/mol. The predicted octanol–water partition coefficient (Wildman–Crippen LogP) is 0.228. The number of carboxylic acids is 1. The third-order valence-electron chi connectivity index (χ3n) is 2.94. The van der Waals surface area contributed by atoms with Crippen molar-refractivity contribution in [3.63, 3.8) is 0 Å². The number of nitrogens with one attached hydrogen (secondary N) is 1. The maximum absolute atomic E-state index is 10.8. The number of aliphatic carboxylic acids is 1. The van der Waals surface area contributed by atoms with Crippen LogP contribution < -0.4 is 5.32 Å². The number of rotatable bonds is 1. The lowest BCUT2D eigenvalue weighted by atomic mass is 9.97. The van der Waals surface area contributed by atoms with Gasteiger partial charge in [-0.1, -0.05) is 6.42 Å². The van der Waals surface area contributed by atoms with E-state index in [1.807, 2.05) is 0 Å². The van der Waals surface area contributed by atoms with E-state index in [9.17, 15) is 4.79 Å². The maximum atomic E-state index is 10.8. The summed E-state index contributed by atoms with van der Waals surface area (Å²) in [5.74, 6) is -0.377. The molecule has 13 heavy (non-hydrogen) atoms. The van der Waals surface area contributed by atoms with Gasteiger partial charge >= 0.3 is 5.97 Å². The second-order valence-corrected chi connectivity index (χ2v) is 3.82. The van der Waals surface area contributed by atoms with Gasteiger partial charge in [0.15, 0.2) is 0 Å². The minimum absolute atomic E-state index is 0.0972. The Kier molecular flexibility index (Phi) is 2.51. The van der Waals surface area contributed by atoms with Gasteiger partial charge in [-0.25, -0.2) is 0 Å². The van der Waals surface area contributed by atoms with Crippen molar-refractivity contribution in [1.82, 2.24) is 5.32 Å². The molecule has 2 aliphatic heterocycles. The molecule has 2 saturated heterocycles. The maximum Gasteiger partial charge on any atom is 0.323 e. The van der Waals surface area contributed by atoms with Gasteiger partial charge in [-0.15, -0.1) is 0 Å². The summed E-state index contributed by atoms with van der Waals surface area (Å²) in [6, 6.07) is -0.483. The zero-order chi connectivity index (χ0) is 9.26. The summed E-state index contributed by atoms with van der Waals surface area (Å²) < 4.78 is 5.56. The van der Waals surface area contributed by atoms with Gasteiger partial charge in [0.05, 0.1) is 6.10 Å². The Bertz CT molecular complexity index is 207. The van der Waals surface area contributed by atoms with Crippen LogP contribution in [0.5, 0.6) is 0 Å². The molecule has 0 aromatic carbocycles. The normalized spacial score (nSPS) is 39.5. The minimum atomic E-state index is -0.783. The van der Waals surface area contributed by atoms with E-state index >= 15 is 0 Å². The van der Waals surface area contributed by atoms with Crippen LogP contribution in [0.2, 0.25) is 0 Å². The first kappa shape index (κ1) is 8.97. The Morgan fingerprint density at radius 2 is 2.31 bits per heavy atom. The largest absolute Gasteiger partial charge is 0.480 e. The first-order chi connectivity index (χ1) is 6.29. The predicted molar refractivity (Wildman–Crippen MR) is 46.5 cm³/mol. The number of fused-ring (bicyclic) bond motifs is 1. The molecule has 4 nitrogen and oxygen atoms in total. The second-order valence-electron chi connectivity index (χ2n) is 3.82. The molecule has 0 amide bonds. The zero-order valence-electron chi connectivity index (χ0n) is 7.53. The van der Waals surface area contributed by atoms with Crippen LogP contribution in [0.25, 0.3) is 0 Å². The highest BCUT2D eigenvalue weighted by Crippen LogP contribution is 2.26. The van der Waals surface area contributed by atoms with Gasteiger partial charge < -0.3 is 15.2 Å². The molecule has 2 N–H and O–H groups in total. The van der Waals surface area contributed by atoms with Gasteiger partial charge in [-0.05, 0) is 18.8 Å². The highest BCUT2D eigenvalue weighted by Gasteiger charge is 2.41. The van der Waals surface area contributed by atoms with Gasteiger partial charge in [0.25, 0.3) is 0 Å². The zero-order valence-corrected chi connectivity index (χ0v) is 7.53. The second kappa shape index (κ2) is 3.64. The molecule has 74 valence electrons. The highest BCUT2D eigenvalue weighted by atomic mass is 16.5. The summed E-state index contributed by atoms with van der Waals surface area (Å²) in [4.78, 5) is 10.8. The lowest BCUT2D eigenvalue weighted by Crippen LogP contribution is -2.40. The van der Waals surface area contributed by atoms with Crippen LogP contribution in [0.3, 0.4) is 0 Å². The molecule has 3 unspecified atom stereocenters. The number of ether oxygens (including phenoxy) is 1. The van der Waals surface area contributed by atoms with Crippen LogP contribution in [0.15, 0.2) is 0 Å². The quantitative estimate of drug-likeness (QED) is 0.614. The first-order valence-electron chi connectivity index (χ1n) is 4.87. The fourth-order valence-corrected chi connectivity index (χ4v) is 2.24. The van der Waals surface area contributed by atoms with Gasteiger partial charge in [0, 0.05) is 13.2 Å². The number of carboxylic acid groups (broad SMARTS) is 1. The van der Waals surface area contributed by atoms with Crippen molar-refractivity contribution >= 4 is 5.97 Å².